The number of benzene rings is 2. The van der Waals surface area contributed by atoms with Crippen molar-refractivity contribution in [3.63, 3.8) is 0 Å². The van der Waals surface area contributed by atoms with E-state index in [9.17, 15) is 13.2 Å². The zero-order chi connectivity index (χ0) is 30.3. The van der Waals surface area contributed by atoms with Gasteiger partial charge >= 0.3 is 0 Å². The molecule has 236 valence electrons. The van der Waals surface area contributed by atoms with Crippen molar-refractivity contribution in [1.29, 1.82) is 0 Å². The number of Topliss-reactive ketones (excluding diaryl/α,β-unsaturated/α-hetero) is 1. The minimum atomic E-state index is -3.80. The molecule has 0 heterocycles. The van der Waals surface area contributed by atoms with E-state index in [-0.39, 0.29) is 17.2 Å². The van der Waals surface area contributed by atoms with Gasteiger partial charge in [-0.05, 0) is 44.0 Å². The lowest BCUT2D eigenvalue weighted by Crippen LogP contribution is -2.45. The third kappa shape index (κ3) is 16.6. The minimum Gasteiger partial charge on any atom is -0.310 e. The maximum absolute atomic E-state index is 13.1. The number of aryl methyl sites for hydroxylation is 1. The number of rotatable bonds is 26. The van der Waals surface area contributed by atoms with Crippen molar-refractivity contribution in [3.8, 4) is 0 Å². The standard InChI is InChI=1S/C36H58N2O3S/c1-3-4-5-6-7-8-9-10-11-12-13-14-15-16-17-18-22-29-37-31-36(39)35(30-33-23-20-19-21-24-33)38-42(40,41)34-27-25-32(2)26-28-34/h19-21,23-28,35,37-38H,3-18,22,29-31H2,1-2H3. The fraction of sp³-hybridized carbons (Fsp3) is 0.639. The van der Waals surface area contributed by atoms with Gasteiger partial charge in [-0.2, -0.15) is 0 Å². The van der Waals surface area contributed by atoms with Crippen LogP contribution in [0.25, 0.3) is 0 Å². The van der Waals surface area contributed by atoms with Gasteiger partial charge in [-0.3, -0.25) is 4.79 Å². The molecule has 0 bridgehead atoms. The molecule has 0 saturated carbocycles. The van der Waals surface area contributed by atoms with Crippen LogP contribution in [0.1, 0.15) is 127 Å². The Bertz CT molecular complexity index is 1050. The smallest absolute Gasteiger partial charge is 0.241 e. The number of unbranched alkanes of at least 4 members (excludes halogenated alkanes) is 16. The van der Waals surface area contributed by atoms with Gasteiger partial charge in [0.05, 0.1) is 17.5 Å². The molecule has 6 heteroatoms. The number of carbonyl (C=O) groups excluding carboxylic acids is 1. The summed E-state index contributed by atoms with van der Waals surface area (Å²) in [6, 6.07) is 15.4. The van der Waals surface area contributed by atoms with E-state index in [1.165, 1.54) is 96.3 Å². The molecule has 0 amide bonds. The number of hydrogen-bond acceptors (Lipinski definition) is 4. The second-order valence-electron chi connectivity index (χ2n) is 12.0. The summed E-state index contributed by atoms with van der Waals surface area (Å²) in [5, 5.41) is 3.25. The van der Waals surface area contributed by atoms with Crippen LogP contribution in [0.2, 0.25) is 0 Å². The molecular weight excluding hydrogens is 540 g/mol. The van der Waals surface area contributed by atoms with Gasteiger partial charge in [-0.1, -0.05) is 158 Å². The molecule has 2 N–H and O–H groups in total. The highest BCUT2D eigenvalue weighted by Gasteiger charge is 2.25. The Morgan fingerprint density at radius 1 is 0.667 bits per heavy atom. The highest BCUT2D eigenvalue weighted by Crippen LogP contribution is 2.15. The number of sulfonamides is 1. The monoisotopic (exact) mass is 598 g/mol. The molecule has 0 fully saturated rings. The van der Waals surface area contributed by atoms with Crippen LogP contribution in [-0.2, 0) is 21.2 Å². The number of hydrogen-bond donors (Lipinski definition) is 2. The molecule has 2 aromatic carbocycles. The molecule has 2 aromatic rings. The first-order chi connectivity index (χ1) is 20.4. The summed E-state index contributed by atoms with van der Waals surface area (Å²) in [5.41, 5.74) is 1.91. The lowest BCUT2D eigenvalue weighted by atomic mass is 10.0. The summed E-state index contributed by atoms with van der Waals surface area (Å²) >= 11 is 0. The summed E-state index contributed by atoms with van der Waals surface area (Å²) < 4.78 is 28.7. The normalized spacial score (nSPS) is 12.4. The maximum Gasteiger partial charge on any atom is 0.241 e. The predicted octanol–water partition coefficient (Wildman–Crippen LogP) is 8.69. The van der Waals surface area contributed by atoms with E-state index in [4.69, 9.17) is 0 Å². The van der Waals surface area contributed by atoms with Crippen molar-refractivity contribution < 1.29 is 13.2 Å². The third-order valence-electron chi connectivity index (χ3n) is 8.06. The molecule has 2 rings (SSSR count). The Morgan fingerprint density at radius 2 is 1.14 bits per heavy atom. The second kappa shape index (κ2) is 22.5. The van der Waals surface area contributed by atoms with Gasteiger partial charge in [0.1, 0.15) is 0 Å². The zero-order valence-electron chi connectivity index (χ0n) is 26.5. The van der Waals surface area contributed by atoms with Crippen LogP contribution >= 0.6 is 0 Å². The van der Waals surface area contributed by atoms with Gasteiger partial charge in [-0.15, -0.1) is 0 Å². The summed E-state index contributed by atoms with van der Waals surface area (Å²) in [6.07, 6.45) is 23.1. The first-order valence-corrected chi connectivity index (χ1v) is 18.3. The Morgan fingerprint density at radius 3 is 1.64 bits per heavy atom. The van der Waals surface area contributed by atoms with Gasteiger partial charge < -0.3 is 5.32 Å². The number of nitrogens with one attached hydrogen (secondary N) is 2. The van der Waals surface area contributed by atoms with Crippen LogP contribution in [0.3, 0.4) is 0 Å². The zero-order valence-corrected chi connectivity index (χ0v) is 27.4. The minimum absolute atomic E-state index is 0.137. The average molecular weight is 599 g/mol. The SMILES string of the molecule is CCCCCCCCCCCCCCCCCCCNCC(=O)C(Cc1ccccc1)NS(=O)(=O)c1ccc(C)cc1. The molecule has 0 radical (unpaired) electrons. The van der Waals surface area contributed by atoms with Crippen LogP contribution in [0.4, 0.5) is 0 Å². The lowest BCUT2D eigenvalue weighted by molar-refractivity contribution is -0.119. The highest BCUT2D eigenvalue weighted by molar-refractivity contribution is 7.89. The van der Waals surface area contributed by atoms with Crippen molar-refractivity contribution in [1.82, 2.24) is 10.0 Å². The van der Waals surface area contributed by atoms with E-state index in [2.05, 4.69) is 17.0 Å². The Kier molecular flexibility index (Phi) is 19.4. The maximum atomic E-state index is 13.1. The largest absolute Gasteiger partial charge is 0.310 e. The van der Waals surface area contributed by atoms with Crippen LogP contribution < -0.4 is 10.0 Å². The van der Waals surface area contributed by atoms with Crippen molar-refractivity contribution in [2.45, 2.75) is 140 Å². The summed E-state index contributed by atoms with van der Waals surface area (Å²) in [4.78, 5) is 13.3. The van der Waals surface area contributed by atoms with Crippen LogP contribution in [0, 0.1) is 6.92 Å². The molecule has 1 unspecified atom stereocenters. The quantitative estimate of drug-likeness (QED) is 0.106. The first-order valence-electron chi connectivity index (χ1n) is 16.8. The van der Waals surface area contributed by atoms with E-state index >= 15 is 0 Å². The van der Waals surface area contributed by atoms with Crippen molar-refractivity contribution >= 4 is 15.8 Å². The fourth-order valence-electron chi connectivity index (χ4n) is 5.35. The number of ketones is 1. The Balaban J connectivity index is 1.56. The summed E-state index contributed by atoms with van der Waals surface area (Å²) in [6.45, 7) is 5.12. The van der Waals surface area contributed by atoms with E-state index in [1.54, 1.807) is 24.3 Å². The predicted molar refractivity (Wildman–Crippen MR) is 177 cm³/mol. The molecule has 0 aliphatic heterocycles. The van der Waals surface area contributed by atoms with E-state index in [1.807, 2.05) is 37.3 Å². The van der Waals surface area contributed by atoms with Gasteiger partial charge in [0.15, 0.2) is 5.78 Å². The van der Waals surface area contributed by atoms with E-state index in [0.29, 0.717) is 6.42 Å². The molecule has 1 atom stereocenters. The molecule has 0 aromatic heterocycles. The van der Waals surface area contributed by atoms with Gasteiger partial charge in [0, 0.05) is 0 Å². The van der Waals surface area contributed by atoms with Crippen molar-refractivity contribution in [3.05, 3.63) is 65.7 Å². The van der Waals surface area contributed by atoms with Crippen LogP contribution in [0.5, 0.6) is 0 Å². The number of carbonyl (C=O) groups is 1. The van der Waals surface area contributed by atoms with Crippen LogP contribution in [-0.4, -0.2) is 33.3 Å². The molecular formula is C36H58N2O3S. The molecule has 0 spiro atoms. The third-order valence-corrected chi connectivity index (χ3v) is 9.54. The van der Waals surface area contributed by atoms with Crippen molar-refractivity contribution in [2.75, 3.05) is 13.1 Å². The molecule has 0 aliphatic carbocycles. The van der Waals surface area contributed by atoms with Gasteiger partial charge in [0.2, 0.25) is 10.0 Å². The molecule has 42 heavy (non-hydrogen) atoms. The van der Waals surface area contributed by atoms with E-state index in [0.717, 1.165) is 30.5 Å². The Hall–Kier alpha value is -2.02. The van der Waals surface area contributed by atoms with Crippen LogP contribution in [0.15, 0.2) is 59.5 Å². The Labute approximate surface area is 257 Å². The first kappa shape index (κ1) is 36.2. The lowest BCUT2D eigenvalue weighted by Gasteiger charge is -2.18. The summed E-state index contributed by atoms with van der Waals surface area (Å²) in [5.74, 6) is -0.137. The topological polar surface area (TPSA) is 75.3 Å². The fourth-order valence-corrected chi connectivity index (χ4v) is 6.57. The summed E-state index contributed by atoms with van der Waals surface area (Å²) in [7, 11) is -3.80. The van der Waals surface area contributed by atoms with Gasteiger partial charge in [-0.25, -0.2) is 13.1 Å². The average Bonchev–Trinajstić information content (AvgIpc) is 2.98. The van der Waals surface area contributed by atoms with Gasteiger partial charge in [0.25, 0.3) is 0 Å². The molecule has 0 aliphatic rings. The van der Waals surface area contributed by atoms with E-state index < -0.39 is 16.1 Å². The molecule has 0 saturated heterocycles. The second-order valence-corrected chi connectivity index (χ2v) is 13.7. The van der Waals surface area contributed by atoms with Crippen molar-refractivity contribution in [2.24, 2.45) is 0 Å². The molecule has 5 nitrogen and oxygen atoms in total. The highest BCUT2D eigenvalue weighted by atomic mass is 32.2.